The van der Waals surface area contributed by atoms with Crippen LogP contribution in [0.2, 0.25) is 0 Å². The van der Waals surface area contributed by atoms with Gasteiger partial charge in [0.1, 0.15) is 0 Å². The minimum Gasteiger partial charge on any atom is -0.505 e. The molecule has 0 saturated heterocycles. The molecule has 1 fully saturated rings. The lowest BCUT2D eigenvalue weighted by molar-refractivity contribution is -0.142. The normalized spacial score (nSPS) is 24.6. The van der Waals surface area contributed by atoms with Gasteiger partial charge in [-0.1, -0.05) is 13.3 Å². The molecule has 0 heterocycles. The van der Waals surface area contributed by atoms with Gasteiger partial charge in [0.05, 0.1) is 20.0 Å². The molecule has 3 heteroatoms. The maximum atomic E-state index is 10.6. The van der Waals surface area contributed by atoms with Crippen LogP contribution >= 0.6 is 0 Å². The van der Waals surface area contributed by atoms with Crippen molar-refractivity contribution in [1.29, 1.82) is 0 Å². The molecule has 0 spiro atoms. The first-order chi connectivity index (χ1) is 8.13. The molecule has 1 aliphatic carbocycles. The van der Waals surface area contributed by atoms with Gasteiger partial charge in [-0.25, -0.2) is 0 Å². The van der Waals surface area contributed by atoms with Gasteiger partial charge < -0.3 is 9.47 Å². The molecule has 0 amide bonds. The average molecular weight is 240 g/mol. The largest absolute Gasteiger partial charge is 0.505 e. The van der Waals surface area contributed by atoms with Crippen LogP contribution in [0.1, 0.15) is 39.5 Å². The van der Waals surface area contributed by atoms with E-state index in [1.807, 2.05) is 0 Å². The van der Waals surface area contributed by atoms with Gasteiger partial charge in [0.25, 0.3) is 0 Å². The molecule has 17 heavy (non-hydrogen) atoms. The number of carbonyl (C=O) groups excluding carboxylic acids is 1. The number of allylic oxidation sites excluding steroid dienone is 1. The van der Waals surface area contributed by atoms with Crippen molar-refractivity contribution < 1.29 is 14.3 Å². The molecule has 0 N–H and O–H groups in total. The zero-order valence-corrected chi connectivity index (χ0v) is 11.1. The van der Waals surface area contributed by atoms with Crippen LogP contribution in [0, 0.1) is 17.8 Å². The number of hydrogen-bond donors (Lipinski definition) is 0. The molecule has 0 unspecified atom stereocenters. The zero-order chi connectivity index (χ0) is 12.7. The average Bonchev–Trinajstić information content (AvgIpc) is 3.02. The standard InChI is InChI=1S/C14H24O3/c1-11(10-17-12(2)15)5-4-6-13-9-14(13)7-8-16-3/h7-8,11,13-14H,4-6,9-10H2,1-3H3/t11-,13-,14+/m0/s1. The molecule has 1 saturated carbocycles. The lowest BCUT2D eigenvalue weighted by atomic mass is 10.0. The maximum absolute atomic E-state index is 10.6. The van der Waals surface area contributed by atoms with Crippen molar-refractivity contribution in [3.8, 4) is 0 Å². The molecule has 1 rings (SSSR count). The second kappa shape index (κ2) is 7.36. The van der Waals surface area contributed by atoms with Crippen molar-refractivity contribution in [2.45, 2.75) is 39.5 Å². The van der Waals surface area contributed by atoms with E-state index in [-0.39, 0.29) is 5.97 Å². The van der Waals surface area contributed by atoms with Gasteiger partial charge in [0.15, 0.2) is 0 Å². The third-order valence-electron chi connectivity index (χ3n) is 3.28. The summed E-state index contributed by atoms with van der Waals surface area (Å²) in [5.41, 5.74) is 0. The Hall–Kier alpha value is -0.990. The van der Waals surface area contributed by atoms with E-state index < -0.39 is 0 Å². The smallest absolute Gasteiger partial charge is 0.302 e. The van der Waals surface area contributed by atoms with Crippen molar-refractivity contribution in [3.05, 3.63) is 12.3 Å². The van der Waals surface area contributed by atoms with E-state index in [1.54, 1.807) is 13.4 Å². The Morgan fingerprint density at radius 2 is 2.29 bits per heavy atom. The molecule has 0 aromatic carbocycles. The van der Waals surface area contributed by atoms with Crippen LogP contribution in [0.3, 0.4) is 0 Å². The molecule has 0 bridgehead atoms. The Labute approximate surface area is 104 Å². The summed E-state index contributed by atoms with van der Waals surface area (Å²) in [7, 11) is 1.69. The Balaban J connectivity index is 1.98. The molecule has 98 valence electrons. The fraction of sp³-hybridized carbons (Fsp3) is 0.786. The maximum Gasteiger partial charge on any atom is 0.302 e. The van der Waals surface area contributed by atoms with E-state index in [0.29, 0.717) is 12.5 Å². The first-order valence-corrected chi connectivity index (χ1v) is 6.46. The molecule has 0 radical (unpaired) electrons. The summed E-state index contributed by atoms with van der Waals surface area (Å²) in [5.74, 6) is 1.88. The van der Waals surface area contributed by atoms with E-state index in [1.165, 1.54) is 26.2 Å². The first kappa shape index (κ1) is 14.1. The monoisotopic (exact) mass is 240 g/mol. The van der Waals surface area contributed by atoms with Crippen LogP contribution in [-0.4, -0.2) is 19.7 Å². The zero-order valence-electron chi connectivity index (χ0n) is 11.1. The van der Waals surface area contributed by atoms with Crippen molar-refractivity contribution in [1.82, 2.24) is 0 Å². The highest BCUT2D eigenvalue weighted by atomic mass is 16.5. The second-order valence-electron chi connectivity index (χ2n) is 5.06. The molecule has 1 aliphatic rings. The number of carbonyl (C=O) groups is 1. The minimum atomic E-state index is -0.177. The minimum absolute atomic E-state index is 0.177. The number of esters is 1. The van der Waals surface area contributed by atoms with Crippen LogP contribution < -0.4 is 0 Å². The van der Waals surface area contributed by atoms with Crippen LogP contribution in [0.5, 0.6) is 0 Å². The highest BCUT2D eigenvalue weighted by molar-refractivity contribution is 5.65. The fourth-order valence-electron chi connectivity index (χ4n) is 2.09. The van der Waals surface area contributed by atoms with Crippen LogP contribution in [0.25, 0.3) is 0 Å². The van der Waals surface area contributed by atoms with Gasteiger partial charge in [-0.15, -0.1) is 0 Å². The highest BCUT2D eigenvalue weighted by Gasteiger charge is 2.33. The number of hydrogen-bond acceptors (Lipinski definition) is 3. The Morgan fingerprint density at radius 3 is 2.94 bits per heavy atom. The fourth-order valence-corrected chi connectivity index (χ4v) is 2.09. The number of ether oxygens (including phenoxy) is 2. The van der Waals surface area contributed by atoms with Crippen molar-refractivity contribution in [2.75, 3.05) is 13.7 Å². The quantitative estimate of drug-likeness (QED) is 0.483. The third kappa shape index (κ3) is 6.35. The number of rotatable bonds is 8. The molecule has 3 atom stereocenters. The second-order valence-corrected chi connectivity index (χ2v) is 5.06. The highest BCUT2D eigenvalue weighted by Crippen LogP contribution is 2.43. The third-order valence-corrected chi connectivity index (χ3v) is 3.28. The molecule has 0 aromatic heterocycles. The molecule has 3 nitrogen and oxygen atoms in total. The summed E-state index contributed by atoms with van der Waals surface area (Å²) in [6.07, 6.45) is 8.90. The predicted octanol–water partition coefficient (Wildman–Crippen LogP) is 3.15. The summed E-state index contributed by atoms with van der Waals surface area (Å²) in [5, 5.41) is 0. The van der Waals surface area contributed by atoms with E-state index in [9.17, 15) is 4.79 Å². The SMILES string of the molecule is COC=C[C@@H]1C[C@@H]1CCC[C@H](C)COC(C)=O. The van der Waals surface area contributed by atoms with E-state index in [2.05, 4.69) is 13.0 Å². The summed E-state index contributed by atoms with van der Waals surface area (Å²) < 4.78 is 9.89. The molecule has 0 aliphatic heterocycles. The van der Waals surface area contributed by atoms with Gasteiger partial charge >= 0.3 is 5.97 Å². The Morgan fingerprint density at radius 1 is 1.53 bits per heavy atom. The van der Waals surface area contributed by atoms with Crippen molar-refractivity contribution >= 4 is 5.97 Å². The van der Waals surface area contributed by atoms with Crippen molar-refractivity contribution in [2.24, 2.45) is 17.8 Å². The summed E-state index contributed by atoms with van der Waals surface area (Å²) >= 11 is 0. The molecular weight excluding hydrogens is 216 g/mol. The van der Waals surface area contributed by atoms with Gasteiger partial charge in [0, 0.05) is 6.92 Å². The molecule has 0 aromatic rings. The lowest BCUT2D eigenvalue weighted by Gasteiger charge is -2.10. The number of methoxy groups -OCH3 is 1. The van der Waals surface area contributed by atoms with Crippen molar-refractivity contribution in [3.63, 3.8) is 0 Å². The van der Waals surface area contributed by atoms with Gasteiger partial charge in [-0.3, -0.25) is 4.79 Å². The summed E-state index contributed by atoms with van der Waals surface area (Å²) in [6.45, 7) is 4.16. The van der Waals surface area contributed by atoms with E-state index >= 15 is 0 Å². The predicted molar refractivity (Wildman–Crippen MR) is 67.4 cm³/mol. The van der Waals surface area contributed by atoms with Crippen LogP contribution in [-0.2, 0) is 14.3 Å². The molecular formula is C14H24O3. The summed E-state index contributed by atoms with van der Waals surface area (Å²) in [6, 6.07) is 0. The Bertz CT molecular complexity index is 260. The van der Waals surface area contributed by atoms with Gasteiger partial charge in [0.2, 0.25) is 0 Å². The topological polar surface area (TPSA) is 35.5 Å². The van der Waals surface area contributed by atoms with Crippen LogP contribution in [0.15, 0.2) is 12.3 Å². The Kier molecular flexibility index (Phi) is 6.09. The van der Waals surface area contributed by atoms with Crippen LogP contribution in [0.4, 0.5) is 0 Å². The summed E-state index contributed by atoms with van der Waals surface area (Å²) in [4.78, 5) is 10.6. The lowest BCUT2D eigenvalue weighted by Crippen LogP contribution is -2.09. The van der Waals surface area contributed by atoms with Gasteiger partial charge in [-0.2, -0.15) is 0 Å². The first-order valence-electron chi connectivity index (χ1n) is 6.46. The van der Waals surface area contributed by atoms with Gasteiger partial charge in [-0.05, 0) is 43.1 Å². The van der Waals surface area contributed by atoms with E-state index in [0.717, 1.165) is 18.3 Å². The van der Waals surface area contributed by atoms with E-state index in [4.69, 9.17) is 9.47 Å².